The van der Waals surface area contributed by atoms with E-state index in [1.165, 1.54) is 4.90 Å². The number of imide groups is 1. The molecule has 0 N–H and O–H groups in total. The lowest BCUT2D eigenvalue weighted by atomic mass is 10.2. The van der Waals surface area contributed by atoms with Crippen molar-refractivity contribution in [1.82, 2.24) is 9.47 Å². The van der Waals surface area contributed by atoms with E-state index in [0.717, 1.165) is 40.8 Å². The quantitative estimate of drug-likeness (QED) is 0.595. The summed E-state index contributed by atoms with van der Waals surface area (Å²) in [5.41, 5.74) is 3.55. The first-order valence-electron chi connectivity index (χ1n) is 8.23. The fourth-order valence-electron chi connectivity index (χ4n) is 3.03. The molecule has 1 fully saturated rings. The van der Waals surface area contributed by atoms with Crippen molar-refractivity contribution < 1.29 is 9.59 Å². The molecular formula is C19H18Cl2N2O2S. The number of nitrogens with zero attached hydrogens (tertiary/aromatic N) is 2. The van der Waals surface area contributed by atoms with E-state index < -0.39 is 0 Å². The number of rotatable bonds is 4. The Morgan fingerprint density at radius 1 is 1.19 bits per heavy atom. The van der Waals surface area contributed by atoms with Gasteiger partial charge in [0, 0.05) is 17.9 Å². The third-order valence-corrected chi connectivity index (χ3v) is 5.97. The topological polar surface area (TPSA) is 42.3 Å². The summed E-state index contributed by atoms with van der Waals surface area (Å²) in [6.45, 7) is 6.30. The summed E-state index contributed by atoms with van der Waals surface area (Å²) >= 11 is 13.5. The molecule has 1 saturated heterocycles. The summed E-state index contributed by atoms with van der Waals surface area (Å²) in [5.74, 6) is -0.229. The van der Waals surface area contributed by atoms with Gasteiger partial charge in [0.25, 0.3) is 11.1 Å². The van der Waals surface area contributed by atoms with Gasteiger partial charge in [-0.3, -0.25) is 14.5 Å². The minimum atomic E-state index is -0.229. The predicted octanol–water partition coefficient (Wildman–Crippen LogP) is 5.85. The molecule has 0 saturated carbocycles. The molecule has 1 aromatic carbocycles. The molecule has 2 aromatic rings. The molecule has 26 heavy (non-hydrogen) atoms. The summed E-state index contributed by atoms with van der Waals surface area (Å²) in [6.07, 6.45) is 2.52. The van der Waals surface area contributed by atoms with E-state index in [1.54, 1.807) is 12.1 Å². The van der Waals surface area contributed by atoms with Gasteiger partial charge in [-0.15, -0.1) is 0 Å². The van der Waals surface area contributed by atoms with Crippen LogP contribution in [0.4, 0.5) is 4.79 Å². The molecule has 0 bridgehead atoms. The van der Waals surface area contributed by atoms with E-state index in [-0.39, 0.29) is 11.1 Å². The highest BCUT2D eigenvalue weighted by atomic mass is 35.5. The molecule has 3 rings (SSSR count). The predicted molar refractivity (Wildman–Crippen MR) is 108 cm³/mol. The van der Waals surface area contributed by atoms with Gasteiger partial charge < -0.3 is 4.57 Å². The molecule has 4 nitrogen and oxygen atoms in total. The molecule has 0 unspecified atom stereocenters. The van der Waals surface area contributed by atoms with Crippen molar-refractivity contribution in [2.24, 2.45) is 0 Å². The second-order valence-electron chi connectivity index (χ2n) is 6.07. The van der Waals surface area contributed by atoms with Gasteiger partial charge in [-0.05, 0) is 61.9 Å². The first-order chi connectivity index (χ1) is 12.3. The monoisotopic (exact) mass is 408 g/mol. The van der Waals surface area contributed by atoms with Crippen LogP contribution in [0.5, 0.6) is 0 Å². The number of halogens is 2. The summed E-state index contributed by atoms with van der Waals surface area (Å²) in [5, 5.41) is 0.750. The summed E-state index contributed by atoms with van der Waals surface area (Å²) in [7, 11) is 0. The summed E-state index contributed by atoms with van der Waals surface area (Å²) < 4.78 is 2.00. The SMILES string of the molecule is CCCN1C(=O)S/C(=C/c2cc(C)n(-c3cccc(Cl)c3Cl)c2C)C1=O. The largest absolute Gasteiger partial charge is 0.316 e. The molecule has 7 heteroatoms. The Kier molecular flexibility index (Phi) is 5.51. The van der Waals surface area contributed by atoms with Crippen LogP contribution in [-0.4, -0.2) is 27.2 Å². The van der Waals surface area contributed by atoms with E-state index in [1.807, 2.05) is 43.5 Å². The van der Waals surface area contributed by atoms with E-state index in [9.17, 15) is 9.59 Å². The maximum absolute atomic E-state index is 12.5. The smallest absolute Gasteiger partial charge is 0.293 e. The Balaban J connectivity index is 2.03. The Morgan fingerprint density at radius 2 is 1.92 bits per heavy atom. The molecule has 1 aliphatic rings. The van der Waals surface area contributed by atoms with Gasteiger partial charge in [0.15, 0.2) is 0 Å². The Bertz CT molecular complexity index is 934. The Morgan fingerprint density at radius 3 is 2.62 bits per heavy atom. The maximum atomic E-state index is 12.5. The number of aryl methyl sites for hydroxylation is 1. The zero-order valence-electron chi connectivity index (χ0n) is 14.7. The molecule has 136 valence electrons. The maximum Gasteiger partial charge on any atom is 0.293 e. The summed E-state index contributed by atoms with van der Waals surface area (Å²) in [6, 6.07) is 7.46. The van der Waals surface area contributed by atoms with Crippen LogP contribution in [0, 0.1) is 13.8 Å². The van der Waals surface area contributed by atoms with Crippen LogP contribution >= 0.6 is 35.0 Å². The highest BCUT2D eigenvalue weighted by Gasteiger charge is 2.34. The molecule has 2 heterocycles. The highest BCUT2D eigenvalue weighted by molar-refractivity contribution is 8.18. The number of amides is 2. The third-order valence-electron chi connectivity index (χ3n) is 4.25. The van der Waals surface area contributed by atoms with Gasteiger partial charge in [0.05, 0.1) is 20.6 Å². The van der Waals surface area contributed by atoms with Crippen LogP contribution in [0.2, 0.25) is 10.0 Å². The zero-order chi connectivity index (χ0) is 19.0. The van der Waals surface area contributed by atoms with Crippen LogP contribution in [0.15, 0.2) is 29.2 Å². The Labute approximate surface area is 166 Å². The van der Waals surface area contributed by atoms with Crippen molar-refractivity contribution >= 4 is 52.2 Å². The number of thioether (sulfide) groups is 1. The van der Waals surface area contributed by atoms with Crippen molar-refractivity contribution in [2.45, 2.75) is 27.2 Å². The number of hydrogen-bond donors (Lipinski definition) is 0. The van der Waals surface area contributed by atoms with Crippen molar-refractivity contribution in [3.05, 3.63) is 56.2 Å². The highest BCUT2D eigenvalue weighted by Crippen LogP contribution is 2.35. The molecular weight excluding hydrogens is 391 g/mol. The van der Waals surface area contributed by atoms with E-state index in [2.05, 4.69) is 0 Å². The molecule has 1 aliphatic heterocycles. The number of hydrogen-bond acceptors (Lipinski definition) is 3. The molecule has 0 atom stereocenters. The molecule has 0 aliphatic carbocycles. The average Bonchev–Trinajstić information content (AvgIpc) is 3.01. The fourth-order valence-corrected chi connectivity index (χ4v) is 4.26. The zero-order valence-corrected chi connectivity index (χ0v) is 17.0. The third kappa shape index (κ3) is 3.31. The normalized spacial score (nSPS) is 16.2. The average molecular weight is 409 g/mol. The fraction of sp³-hybridized carbons (Fsp3) is 0.263. The van der Waals surface area contributed by atoms with Crippen LogP contribution in [0.1, 0.15) is 30.3 Å². The van der Waals surface area contributed by atoms with Gasteiger partial charge in [-0.2, -0.15) is 0 Å². The van der Waals surface area contributed by atoms with Crippen LogP contribution < -0.4 is 0 Å². The van der Waals surface area contributed by atoms with Crippen molar-refractivity contribution in [3.63, 3.8) is 0 Å². The molecule has 2 amide bonds. The van der Waals surface area contributed by atoms with E-state index >= 15 is 0 Å². The first-order valence-corrected chi connectivity index (χ1v) is 9.81. The van der Waals surface area contributed by atoms with Gasteiger partial charge in [-0.25, -0.2) is 0 Å². The van der Waals surface area contributed by atoms with Gasteiger partial charge in [0.1, 0.15) is 0 Å². The number of benzene rings is 1. The standard InChI is InChI=1S/C19H18Cl2N2O2S/c1-4-8-22-18(24)16(26-19(22)25)10-13-9-11(2)23(12(13)3)15-7-5-6-14(20)17(15)21/h5-7,9-10H,4,8H2,1-3H3/b16-10+. The summed E-state index contributed by atoms with van der Waals surface area (Å²) in [4.78, 5) is 26.2. The van der Waals surface area contributed by atoms with Crippen LogP contribution in [0.25, 0.3) is 11.8 Å². The lowest BCUT2D eigenvalue weighted by Gasteiger charge is -2.12. The number of aromatic nitrogens is 1. The number of carbonyl (C=O) groups excluding carboxylic acids is 2. The van der Waals surface area contributed by atoms with Gasteiger partial charge in [-0.1, -0.05) is 36.2 Å². The number of carbonyl (C=O) groups is 2. The van der Waals surface area contributed by atoms with E-state index in [0.29, 0.717) is 21.5 Å². The lowest BCUT2D eigenvalue weighted by molar-refractivity contribution is -0.122. The van der Waals surface area contributed by atoms with Crippen molar-refractivity contribution in [2.75, 3.05) is 6.54 Å². The minimum absolute atomic E-state index is 0.213. The van der Waals surface area contributed by atoms with Crippen LogP contribution in [-0.2, 0) is 4.79 Å². The van der Waals surface area contributed by atoms with E-state index in [4.69, 9.17) is 23.2 Å². The Hall–Kier alpha value is -1.69. The molecule has 0 radical (unpaired) electrons. The molecule has 0 spiro atoms. The van der Waals surface area contributed by atoms with Gasteiger partial charge in [0.2, 0.25) is 0 Å². The van der Waals surface area contributed by atoms with Crippen molar-refractivity contribution in [3.8, 4) is 5.69 Å². The minimum Gasteiger partial charge on any atom is -0.316 e. The molecule has 1 aromatic heterocycles. The second-order valence-corrected chi connectivity index (χ2v) is 7.85. The van der Waals surface area contributed by atoms with Crippen molar-refractivity contribution in [1.29, 1.82) is 0 Å². The second kappa shape index (κ2) is 7.51. The lowest BCUT2D eigenvalue weighted by Crippen LogP contribution is -2.28. The van der Waals surface area contributed by atoms with Gasteiger partial charge >= 0.3 is 0 Å². The first kappa shape index (κ1) is 19.1. The van der Waals surface area contributed by atoms with Crippen LogP contribution in [0.3, 0.4) is 0 Å².